The molecule has 4 aliphatic rings. The van der Waals surface area contributed by atoms with E-state index in [0.717, 1.165) is 38.5 Å². The van der Waals surface area contributed by atoms with E-state index >= 15 is 0 Å². The van der Waals surface area contributed by atoms with Crippen LogP contribution in [-0.4, -0.2) is 0 Å². The molecule has 0 bridgehead atoms. The number of benzene rings is 3. The Morgan fingerprint density at radius 2 is 1.57 bits per heavy atom. The van der Waals surface area contributed by atoms with E-state index in [0.29, 0.717) is 0 Å². The highest BCUT2D eigenvalue weighted by molar-refractivity contribution is 5.75. The topological polar surface area (TPSA) is 12.0 Å². The highest BCUT2D eigenvalue weighted by atomic mass is 14.8. The Hall–Kier alpha value is -3.84. The number of allylic oxidation sites excluding steroid dienone is 8. The summed E-state index contributed by atoms with van der Waals surface area (Å²) in [5, 5.41) is 3.32. The highest BCUT2D eigenvalue weighted by Gasteiger charge is 2.40. The lowest BCUT2D eigenvalue weighted by atomic mass is 9.61. The molecule has 0 saturated carbocycles. The molecular weight excluding hydrogens is 446 g/mol. The normalized spacial score (nSPS) is 21.2. The second-order valence-corrected chi connectivity index (χ2v) is 11.0. The maximum absolute atomic E-state index is 3.32. The van der Waals surface area contributed by atoms with Gasteiger partial charge in [-0.2, -0.15) is 0 Å². The first kappa shape index (κ1) is 22.4. The smallest absolute Gasteiger partial charge is 0.00837 e. The Kier molecular flexibility index (Phi) is 5.58. The summed E-state index contributed by atoms with van der Waals surface area (Å²) in [6.45, 7) is 0. The maximum atomic E-state index is 3.32. The first-order valence-electron chi connectivity index (χ1n) is 13.8. The fraction of sp³-hybridized carbons (Fsp3) is 0.222. The van der Waals surface area contributed by atoms with E-state index in [9.17, 15) is 0 Å². The van der Waals surface area contributed by atoms with Crippen LogP contribution in [0, 0.1) is 5.41 Å². The second-order valence-electron chi connectivity index (χ2n) is 11.0. The zero-order valence-corrected chi connectivity index (χ0v) is 21.3. The molecule has 0 radical (unpaired) electrons. The predicted octanol–water partition coefficient (Wildman–Crippen LogP) is 7.98. The third-order valence-electron chi connectivity index (χ3n) is 9.01. The van der Waals surface area contributed by atoms with Crippen molar-refractivity contribution in [2.45, 2.75) is 44.9 Å². The van der Waals surface area contributed by atoms with Crippen LogP contribution in [0.1, 0.15) is 40.7 Å². The van der Waals surface area contributed by atoms with Crippen LogP contribution in [0.5, 0.6) is 0 Å². The van der Waals surface area contributed by atoms with E-state index in [1.807, 2.05) is 0 Å². The quantitative estimate of drug-likeness (QED) is 0.400. The molecule has 3 aromatic rings. The van der Waals surface area contributed by atoms with Gasteiger partial charge in [0.15, 0.2) is 0 Å². The van der Waals surface area contributed by atoms with Gasteiger partial charge in [0.1, 0.15) is 0 Å². The van der Waals surface area contributed by atoms with Gasteiger partial charge in [-0.05, 0) is 107 Å². The van der Waals surface area contributed by atoms with Crippen molar-refractivity contribution < 1.29 is 0 Å². The van der Waals surface area contributed by atoms with Crippen LogP contribution in [0.25, 0.3) is 11.1 Å². The number of hydrogen-bond acceptors (Lipinski definition) is 1. The van der Waals surface area contributed by atoms with Crippen molar-refractivity contribution in [3.8, 4) is 11.1 Å². The van der Waals surface area contributed by atoms with Crippen LogP contribution in [-0.2, 0) is 32.1 Å². The van der Waals surface area contributed by atoms with Crippen molar-refractivity contribution >= 4 is 0 Å². The van der Waals surface area contributed by atoms with Crippen LogP contribution >= 0.6 is 0 Å². The van der Waals surface area contributed by atoms with Gasteiger partial charge in [0.05, 0.1) is 0 Å². The van der Waals surface area contributed by atoms with E-state index in [-0.39, 0.29) is 5.41 Å². The third kappa shape index (κ3) is 3.94. The van der Waals surface area contributed by atoms with Crippen LogP contribution in [0.15, 0.2) is 126 Å². The molecule has 182 valence electrons. The van der Waals surface area contributed by atoms with E-state index in [1.54, 1.807) is 16.7 Å². The number of hydrogen-bond donors (Lipinski definition) is 1. The lowest BCUT2D eigenvalue weighted by Gasteiger charge is -2.42. The molecule has 1 heteroatoms. The molecule has 3 aromatic carbocycles. The van der Waals surface area contributed by atoms with Gasteiger partial charge < -0.3 is 5.32 Å². The molecule has 0 amide bonds. The second kappa shape index (κ2) is 9.23. The van der Waals surface area contributed by atoms with Crippen molar-refractivity contribution in [3.05, 3.63) is 154 Å². The summed E-state index contributed by atoms with van der Waals surface area (Å²) in [5.74, 6) is 0. The fourth-order valence-electron chi connectivity index (χ4n) is 7.09. The molecule has 1 atom stereocenters. The SMILES string of the molecule is C1=CC2=CNC=CC2=C(C2(CCc3ccccc3)CCc3ccc4c(c3C2)CCc2ccccc2-4)C=C1. The molecule has 1 heterocycles. The zero-order chi connectivity index (χ0) is 24.7. The minimum absolute atomic E-state index is 0.105. The molecule has 0 spiro atoms. The van der Waals surface area contributed by atoms with Crippen molar-refractivity contribution in [2.75, 3.05) is 0 Å². The molecule has 0 saturated heterocycles. The molecule has 3 aliphatic carbocycles. The van der Waals surface area contributed by atoms with Gasteiger partial charge in [-0.1, -0.05) is 91.0 Å². The molecule has 0 aromatic heterocycles. The van der Waals surface area contributed by atoms with Crippen LogP contribution in [0.4, 0.5) is 0 Å². The number of fused-ring (bicyclic) bond motifs is 6. The predicted molar refractivity (Wildman–Crippen MR) is 154 cm³/mol. The Morgan fingerprint density at radius 1 is 0.703 bits per heavy atom. The molecule has 0 fully saturated rings. The molecular formula is C36H33N. The number of rotatable bonds is 4. The molecule has 1 aliphatic heterocycles. The molecule has 37 heavy (non-hydrogen) atoms. The summed E-state index contributed by atoms with van der Waals surface area (Å²) in [6, 6.07) is 25.0. The summed E-state index contributed by atoms with van der Waals surface area (Å²) in [5.41, 5.74) is 15.0. The summed E-state index contributed by atoms with van der Waals surface area (Å²) in [7, 11) is 0. The summed E-state index contributed by atoms with van der Waals surface area (Å²) in [6.07, 6.45) is 23.7. The zero-order valence-electron chi connectivity index (χ0n) is 21.3. The third-order valence-corrected chi connectivity index (χ3v) is 9.01. The summed E-state index contributed by atoms with van der Waals surface area (Å²) in [4.78, 5) is 0. The molecule has 7 rings (SSSR count). The number of nitrogens with one attached hydrogen (secondary N) is 1. The van der Waals surface area contributed by atoms with Gasteiger partial charge in [0.25, 0.3) is 0 Å². The van der Waals surface area contributed by atoms with Gasteiger partial charge in [0, 0.05) is 17.8 Å². The van der Waals surface area contributed by atoms with Crippen LogP contribution in [0.2, 0.25) is 0 Å². The van der Waals surface area contributed by atoms with E-state index < -0.39 is 0 Å². The lowest BCUT2D eigenvalue weighted by Crippen LogP contribution is -2.33. The highest BCUT2D eigenvalue weighted by Crippen LogP contribution is 2.50. The monoisotopic (exact) mass is 479 g/mol. The van der Waals surface area contributed by atoms with Crippen LogP contribution < -0.4 is 5.32 Å². The van der Waals surface area contributed by atoms with E-state index in [4.69, 9.17) is 0 Å². The first-order chi connectivity index (χ1) is 18.3. The van der Waals surface area contributed by atoms with Gasteiger partial charge in [-0.25, -0.2) is 0 Å². The van der Waals surface area contributed by atoms with E-state index in [1.165, 1.54) is 45.4 Å². The van der Waals surface area contributed by atoms with Crippen molar-refractivity contribution in [1.82, 2.24) is 5.32 Å². The van der Waals surface area contributed by atoms with Gasteiger partial charge in [-0.15, -0.1) is 0 Å². The minimum Gasteiger partial charge on any atom is -0.367 e. The largest absolute Gasteiger partial charge is 0.367 e. The Balaban J connectivity index is 1.37. The van der Waals surface area contributed by atoms with Crippen LogP contribution in [0.3, 0.4) is 0 Å². The molecule has 1 unspecified atom stereocenters. The average Bonchev–Trinajstić information content (AvgIpc) is 3.19. The fourth-order valence-corrected chi connectivity index (χ4v) is 7.09. The van der Waals surface area contributed by atoms with Crippen molar-refractivity contribution in [2.24, 2.45) is 5.41 Å². The van der Waals surface area contributed by atoms with Gasteiger partial charge in [0.2, 0.25) is 0 Å². The van der Waals surface area contributed by atoms with Crippen molar-refractivity contribution in [3.63, 3.8) is 0 Å². The Labute approximate surface area is 220 Å². The van der Waals surface area contributed by atoms with E-state index in [2.05, 4.69) is 115 Å². The number of dihydropyridines is 1. The Morgan fingerprint density at radius 3 is 2.51 bits per heavy atom. The average molecular weight is 480 g/mol. The number of aryl methyl sites for hydroxylation is 3. The molecule has 1 N–H and O–H groups in total. The standard InChI is InChI=1S/C36H33N/c1-2-8-26(9-3-1)18-21-36(35-13-7-5-11-29-25-37-23-20-31(29)35)22-19-28-15-16-32-30-12-6-4-10-27(30)14-17-33(32)34(28)24-36/h1-13,15-16,20,23,25,37H,14,17-19,21-22,24H2. The molecule has 1 nitrogen and oxygen atoms in total. The maximum Gasteiger partial charge on any atom is 0.00837 e. The minimum atomic E-state index is 0.105. The summed E-state index contributed by atoms with van der Waals surface area (Å²) >= 11 is 0. The Bertz CT molecular complexity index is 1510. The van der Waals surface area contributed by atoms with Gasteiger partial charge >= 0.3 is 0 Å². The first-order valence-corrected chi connectivity index (χ1v) is 13.8. The van der Waals surface area contributed by atoms with Gasteiger partial charge in [-0.3, -0.25) is 0 Å². The van der Waals surface area contributed by atoms with Crippen molar-refractivity contribution in [1.29, 1.82) is 0 Å². The lowest BCUT2D eigenvalue weighted by molar-refractivity contribution is 0.286. The summed E-state index contributed by atoms with van der Waals surface area (Å²) < 4.78 is 0.